The molecule has 0 amide bonds. The van der Waals surface area contributed by atoms with E-state index in [9.17, 15) is 15.0 Å². The van der Waals surface area contributed by atoms with Crippen LogP contribution in [0.25, 0.3) is 0 Å². The fourth-order valence-corrected chi connectivity index (χ4v) is 4.53. The fraction of sp³-hybridized carbons (Fsp3) is 0.839. The van der Waals surface area contributed by atoms with Gasteiger partial charge in [-0.3, -0.25) is 9.48 Å². The van der Waals surface area contributed by atoms with E-state index in [1.807, 2.05) is 6.20 Å². The highest BCUT2D eigenvalue weighted by atomic mass is 16.5. The van der Waals surface area contributed by atoms with E-state index in [1.165, 1.54) is 70.6 Å². The van der Waals surface area contributed by atoms with Gasteiger partial charge < -0.3 is 20.1 Å². The van der Waals surface area contributed by atoms with Crippen molar-refractivity contribution in [1.29, 1.82) is 0 Å². The van der Waals surface area contributed by atoms with Crippen molar-refractivity contribution < 1.29 is 24.9 Å². The van der Waals surface area contributed by atoms with E-state index in [0.29, 0.717) is 32.4 Å². The third-order valence-electron chi connectivity index (χ3n) is 7.25. The van der Waals surface area contributed by atoms with Crippen molar-refractivity contribution >= 4 is 5.97 Å². The molecule has 0 radical (unpaired) electrons. The molecule has 0 bridgehead atoms. The number of unbranched alkanes of at least 4 members (excludes halogenated alkanes) is 12. The minimum absolute atomic E-state index is 0.142. The Kier molecular flexibility index (Phi) is 21.8. The number of aliphatic hydroxyl groups excluding tert-OH is 3. The molecule has 1 heterocycles. The number of aliphatic hydroxyl groups is 3. The molecule has 8 heteroatoms. The van der Waals surface area contributed by atoms with Gasteiger partial charge in [0.1, 0.15) is 0 Å². The van der Waals surface area contributed by atoms with Gasteiger partial charge in [0.25, 0.3) is 0 Å². The lowest BCUT2D eigenvalue weighted by atomic mass is 9.97. The molecule has 39 heavy (non-hydrogen) atoms. The number of rotatable bonds is 26. The Balaban J connectivity index is 1.96. The largest absolute Gasteiger partial charge is 0.465 e. The third-order valence-corrected chi connectivity index (χ3v) is 7.25. The predicted octanol–water partition coefficient (Wildman–Crippen LogP) is 5.92. The van der Waals surface area contributed by atoms with Crippen molar-refractivity contribution in [3.63, 3.8) is 0 Å². The van der Waals surface area contributed by atoms with E-state index in [2.05, 4.69) is 29.4 Å². The normalized spacial score (nSPS) is 14.1. The van der Waals surface area contributed by atoms with Gasteiger partial charge in [0.2, 0.25) is 0 Å². The van der Waals surface area contributed by atoms with Gasteiger partial charge in [-0.15, -0.1) is 5.10 Å². The zero-order valence-corrected chi connectivity index (χ0v) is 24.8. The maximum Gasteiger partial charge on any atom is 0.305 e. The maximum absolute atomic E-state index is 12.0. The first kappa shape index (κ1) is 35.3. The zero-order chi connectivity index (χ0) is 28.6. The van der Waals surface area contributed by atoms with Crippen LogP contribution in [0.4, 0.5) is 0 Å². The Morgan fingerprint density at radius 2 is 1.59 bits per heavy atom. The second-order valence-electron chi connectivity index (χ2n) is 11.0. The van der Waals surface area contributed by atoms with Gasteiger partial charge in [-0.1, -0.05) is 82.6 Å². The van der Waals surface area contributed by atoms with Crippen molar-refractivity contribution in [2.24, 2.45) is 5.92 Å². The van der Waals surface area contributed by atoms with Crippen LogP contribution in [0.5, 0.6) is 0 Å². The summed E-state index contributed by atoms with van der Waals surface area (Å²) in [6, 6.07) is 0. The molecule has 226 valence electrons. The zero-order valence-electron chi connectivity index (χ0n) is 24.8. The average molecular weight is 552 g/mol. The number of aromatic nitrogens is 3. The molecule has 0 fully saturated rings. The molecule has 0 aromatic carbocycles. The van der Waals surface area contributed by atoms with Gasteiger partial charge in [0.15, 0.2) is 0 Å². The summed E-state index contributed by atoms with van der Waals surface area (Å²) >= 11 is 0. The summed E-state index contributed by atoms with van der Waals surface area (Å²) in [6.45, 7) is 4.80. The first-order valence-electron chi connectivity index (χ1n) is 15.6. The highest BCUT2D eigenvalue weighted by molar-refractivity contribution is 5.69. The number of carbonyl (C=O) groups excluding carboxylic acids is 1. The van der Waals surface area contributed by atoms with Crippen molar-refractivity contribution in [3.05, 3.63) is 24.0 Å². The maximum atomic E-state index is 12.0. The molecule has 1 rings (SSSR count). The topological polar surface area (TPSA) is 118 Å². The molecule has 1 unspecified atom stereocenters. The number of aryl methyl sites for hydroxylation is 1. The van der Waals surface area contributed by atoms with Crippen LogP contribution in [0.3, 0.4) is 0 Å². The second-order valence-corrected chi connectivity index (χ2v) is 11.0. The van der Waals surface area contributed by atoms with Crippen molar-refractivity contribution in [2.75, 3.05) is 13.2 Å². The Bertz CT molecular complexity index is 740. The summed E-state index contributed by atoms with van der Waals surface area (Å²) in [4.78, 5) is 12.0. The number of hydrogen-bond acceptors (Lipinski definition) is 7. The SMILES string of the molecule is CCCCCCCC/C=C\CCCCCCCC(=O)OCCc1cn(CCCCC(O)[C@@H](O)[C@H](C)CO)nn1. The van der Waals surface area contributed by atoms with Crippen LogP contribution in [-0.2, 0) is 22.5 Å². The number of ether oxygens (including phenoxy) is 1. The summed E-state index contributed by atoms with van der Waals surface area (Å²) in [7, 11) is 0. The van der Waals surface area contributed by atoms with Gasteiger partial charge in [0.05, 0.1) is 24.5 Å². The van der Waals surface area contributed by atoms with E-state index in [-0.39, 0.29) is 18.5 Å². The summed E-state index contributed by atoms with van der Waals surface area (Å²) in [5.41, 5.74) is 0.788. The molecular formula is C31H57N3O5. The van der Waals surface area contributed by atoms with Gasteiger partial charge >= 0.3 is 5.97 Å². The van der Waals surface area contributed by atoms with Crippen LogP contribution in [0, 0.1) is 5.92 Å². The minimum Gasteiger partial charge on any atom is -0.465 e. The smallest absolute Gasteiger partial charge is 0.305 e. The highest BCUT2D eigenvalue weighted by Gasteiger charge is 2.21. The molecule has 0 aliphatic rings. The first-order chi connectivity index (χ1) is 19.0. The third kappa shape index (κ3) is 19.0. The van der Waals surface area contributed by atoms with Crippen LogP contribution in [0.1, 0.15) is 129 Å². The quantitative estimate of drug-likeness (QED) is 0.0743. The molecule has 1 aromatic heterocycles. The minimum atomic E-state index is -0.910. The number of nitrogens with zero attached hydrogens (tertiary/aromatic N) is 3. The average Bonchev–Trinajstić information content (AvgIpc) is 3.39. The van der Waals surface area contributed by atoms with Gasteiger partial charge in [-0.25, -0.2) is 0 Å². The molecule has 3 N–H and O–H groups in total. The molecule has 0 aliphatic carbocycles. The van der Waals surface area contributed by atoms with E-state index in [1.54, 1.807) is 11.6 Å². The lowest BCUT2D eigenvalue weighted by molar-refractivity contribution is -0.143. The fourth-order valence-electron chi connectivity index (χ4n) is 4.53. The van der Waals surface area contributed by atoms with E-state index < -0.39 is 12.2 Å². The number of allylic oxidation sites excluding steroid dienone is 2. The predicted molar refractivity (Wildman–Crippen MR) is 156 cm³/mol. The molecule has 1 aromatic rings. The van der Waals surface area contributed by atoms with Gasteiger partial charge in [-0.2, -0.15) is 0 Å². The molecular weight excluding hydrogens is 494 g/mol. The molecule has 8 nitrogen and oxygen atoms in total. The van der Waals surface area contributed by atoms with Crippen molar-refractivity contribution in [2.45, 2.75) is 148 Å². The van der Waals surface area contributed by atoms with Gasteiger partial charge in [-0.05, 0) is 51.4 Å². The van der Waals surface area contributed by atoms with E-state index >= 15 is 0 Å². The summed E-state index contributed by atoms with van der Waals surface area (Å²) in [6.07, 6.45) is 23.9. The Hall–Kier alpha value is -1.77. The number of esters is 1. The molecule has 0 aliphatic heterocycles. The summed E-state index contributed by atoms with van der Waals surface area (Å²) < 4.78 is 7.11. The summed E-state index contributed by atoms with van der Waals surface area (Å²) in [5.74, 6) is -0.481. The Morgan fingerprint density at radius 1 is 0.949 bits per heavy atom. The first-order valence-corrected chi connectivity index (χ1v) is 15.6. The van der Waals surface area contributed by atoms with Crippen LogP contribution >= 0.6 is 0 Å². The number of carbonyl (C=O) groups is 1. The lowest BCUT2D eigenvalue weighted by Gasteiger charge is -2.22. The standard InChI is InChI=1S/C31H57N3O5/c1-3-4-5-6-7-8-9-10-11-12-13-14-15-16-17-21-30(37)39-24-22-28-25-34(33-32-28)23-19-18-20-29(36)31(38)27(2)26-35/h10-11,25,27,29,31,35-36,38H,3-9,12-24,26H2,1-2H3/b11-10-/t27-,29?,31+/m1/s1. The van der Waals surface area contributed by atoms with Crippen molar-refractivity contribution in [1.82, 2.24) is 15.0 Å². The molecule has 0 saturated carbocycles. The Morgan fingerprint density at radius 3 is 2.26 bits per heavy atom. The Labute approximate surface area is 237 Å². The second kappa shape index (κ2) is 24.1. The monoisotopic (exact) mass is 551 g/mol. The van der Waals surface area contributed by atoms with E-state index in [0.717, 1.165) is 31.4 Å². The molecule has 3 atom stereocenters. The molecule has 0 saturated heterocycles. The molecule has 0 spiro atoms. The van der Waals surface area contributed by atoms with Crippen LogP contribution in [0.15, 0.2) is 18.3 Å². The van der Waals surface area contributed by atoms with Crippen LogP contribution < -0.4 is 0 Å². The van der Waals surface area contributed by atoms with Crippen molar-refractivity contribution in [3.8, 4) is 0 Å². The summed E-state index contributed by atoms with van der Waals surface area (Å²) in [5, 5.41) is 37.2. The lowest BCUT2D eigenvalue weighted by Crippen LogP contribution is -2.33. The van der Waals surface area contributed by atoms with E-state index in [4.69, 9.17) is 9.84 Å². The van der Waals surface area contributed by atoms with Crippen LogP contribution in [-0.4, -0.2) is 61.7 Å². The van der Waals surface area contributed by atoms with Gasteiger partial charge in [0, 0.05) is 38.1 Å². The van der Waals surface area contributed by atoms with Crippen LogP contribution in [0.2, 0.25) is 0 Å². The number of hydrogen-bond donors (Lipinski definition) is 3. The highest BCUT2D eigenvalue weighted by Crippen LogP contribution is 2.13.